The van der Waals surface area contributed by atoms with Crippen LogP contribution in [-0.4, -0.2) is 28.3 Å². The van der Waals surface area contributed by atoms with Gasteiger partial charge in [0.2, 0.25) is 8.32 Å². The predicted octanol–water partition coefficient (Wildman–Crippen LogP) is 4.45. The Balaban J connectivity index is 3.04. The van der Waals surface area contributed by atoms with Crippen LogP contribution in [-0.2, 0) is 8.85 Å². The van der Waals surface area contributed by atoms with Crippen molar-refractivity contribution in [2.45, 2.75) is 71.6 Å². The molecular weight excluding hydrogens is 292 g/mol. The van der Waals surface area contributed by atoms with Crippen molar-refractivity contribution in [1.29, 1.82) is 0 Å². The van der Waals surface area contributed by atoms with Gasteiger partial charge in [0.25, 0.3) is 0 Å². The zero-order chi connectivity index (χ0) is 16.3. The SMILES string of the molecule is CC(C)O[Si](C)(C[Si](C)(C)OC(C)(C)C)c1ccccc1. The Bertz CT molecular complexity index is 438. The molecule has 0 aliphatic carbocycles. The normalized spacial score (nSPS) is 16.0. The number of hydrogen-bond acceptors (Lipinski definition) is 2. The lowest BCUT2D eigenvalue weighted by atomic mass is 10.2. The summed E-state index contributed by atoms with van der Waals surface area (Å²) in [6, 6.07) is 10.7. The first kappa shape index (κ1) is 18.6. The molecule has 0 spiro atoms. The van der Waals surface area contributed by atoms with Gasteiger partial charge in [-0.05, 0) is 65.1 Å². The van der Waals surface area contributed by atoms with Gasteiger partial charge in [-0.25, -0.2) is 0 Å². The molecule has 21 heavy (non-hydrogen) atoms. The third-order valence-electron chi connectivity index (χ3n) is 3.23. The van der Waals surface area contributed by atoms with Crippen LogP contribution in [0.2, 0.25) is 25.3 Å². The summed E-state index contributed by atoms with van der Waals surface area (Å²) in [6.45, 7) is 17.7. The highest BCUT2D eigenvalue weighted by Gasteiger charge is 2.42. The van der Waals surface area contributed by atoms with Crippen molar-refractivity contribution < 1.29 is 8.85 Å². The van der Waals surface area contributed by atoms with E-state index in [1.807, 2.05) is 0 Å². The molecule has 1 rings (SSSR count). The van der Waals surface area contributed by atoms with E-state index >= 15 is 0 Å². The van der Waals surface area contributed by atoms with Crippen molar-refractivity contribution in [2.24, 2.45) is 0 Å². The molecule has 0 bridgehead atoms. The molecule has 0 radical (unpaired) electrons. The summed E-state index contributed by atoms with van der Waals surface area (Å²) in [5, 5.41) is 1.37. The molecule has 0 amide bonds. The summed E-state index contributed by atoms with van der Waals surface area (Å²) in [5.74, 6) is 0. The van der Waals surface area contributed by atoms with Gasteiger partial charge in [-0.2, -0.15) is 0 Å². The second-order valence-corrected chi connectivity index (χ2v) is 16.3. The highest BCUT2D eigenvalue weighted by molar-refractivity contribution is 6.97. The lowest BCUT2D eigenvalue weighted by Crippen LogP contribution is -2.56. The van der Waals surface area contributed by atoms with E-state index in [0.29, 0.717) is 0 Å². The lowest BCUT2D eigenvalue weighted by molar-refractivity contribution is 0.121. The number of hydrogen-bond donors (Lipinski definition) is 0. The lowest BCUT2D eigenvalue weighted by Gasteiger charge is -2.39. The van der Waals surface area contributed by atoms with Crippen LogP contribution >= 0.6 is 0 Å². The number of benzene rings is 1. The van der Waals surface area contributed by atoms with E-state index in [1.54, 1.807) is 0 Å². The molecule has 0 saturated heterocycles. The molecule has 0 aromatic heterocycles. The fourth-order valence-electron chi connectivity index (χ4n) is 3.20. The van der Waals surface area contributed by atoms with Crippen LogP contribution in [0.3, 0.4) is 0 Å². The summed E-state index contributed by atoms with van der Waals surface area (Å²) in [5.41, 5.74) is 0.999. The van der Waals surface area contributed by atoms with Gasteiger partial charge in [-0.1, -0.05) is 30.3 Å². The van der Waals surface area contributed by atoms with Gasteiger partial charge in [-0.15, -0.1) is 0 Å². The Kier molecular flexibility index (Phi) is 6.01. The zero-order valence-corrected chi connectivity index (χ0v) is 17.0. The molecule has 4 heteroatoms. The smallest absolute Gasteiger partial charge is 0.221 e. The highest BCUT2D eigenvalue weighted by atomic mass is 28.4. The molecule has 0 heterocycles. The highest BCUT2D eigenvalue weighted by Crippen LogP contribution is 2.27. The summed E-state index contributed by atoms with van der Waals surface area (Å²) in [7, 11) is -3.77. The first-order valence-corrected chi connectivity index (χ1v) is 13.6. The molecule has 1 atom stereocenters. The van der Waals surface area contributed by atoms with E-state index in [1.165, 1.54) is 5.19 Å². The van der Waals surface area contributed by atoms with Crippen LogP contribution in [0.5, 0.6) is 0 Å². The second-order valence-electron chi connectivity index (χ2n) is 7.91. The first-order valence-electron chi connectivity index (χ1n) is 7.87. The van der Waals surface area contributed by atoms with Gasteiger partial charge in [-0.3, -0.25) is 0 Å². The standard InChI is InChI=1S/C17H32O2Si2/c1-15(2)18-21(8,16-12-10-9-11-13-16)14-20(6,7)19-17(3,4)5/h9-13,15H,14H2,1-8H3. The van der Waals surface area contributed by atoms with Crippen molar-refractivity contribution in [1.82, 2.24) is 0 Å². The van der Waals surface area contributed by atoms with Gasteiger partial charge >= 0.3 is 0 Å². The minimum absolute atomic E-state index is 0.0838. The quantitative estimate of drug-likeness (QED) is 0.720. The van der Waals surface area contributed by atoms with Crippen LogP contribution in [0.25, 0.3) is 0 Å². The van der Waals surface area contributed by atoms with Crippen molar-refractivity contribution in [3.63, 3.8) is 0 Å². The Morgan fingerprint density at radius 3 is 1.95 bits per heavy atom. The van der Waals surface area contributed by atoms with Gasteiger partial charge in [0.1, 0.15) is 0 Å². The van der Waals surface area contributed by atoms with Crippen LogP contribution < -0.4 is 5.19 Å². The van der Waals surface area contributed by atoms with Crippen LogP contribution in [0, 0.1) is 0 Å². The molecule has 1 aromatic rings. The molecule has 0 aliphatic rings. The molecule has 0 N–H and O–H groups in total. The minimum Gasteiger partial charge on any atom is -0.413 e. The average Bonchev–Trinajstić information content (AvgIpc) is 2.24. The van der Waals surface area contributed by atoms with Crippen LogP contribution in [0.4, 0.5) is 0 Å². The van der Waals surface area contributed by atoms with Crippen molar-refractivity contribution in [3.05, 3.63) is 30.3 Å². The molecule has 120 valence electrons. The largest absolute Gasteiger partial charge is 0.413 e. The van der Waals surface area contributed by atoms with Crippen LogP contribution in [0.1, 0.15) is 34.6 Å². The third-order valence-corrected chi connectivity index (χ3v) is 13.0. The number of rotatable bonds is 6. The van der Waals surface area contributed by atoms with Crippen molar-refractivity contribution >= 4 is 21.8 Å². The van der Waals surface area contributed by atoms with Crippen molar-refractivity contribution in [2.75, 3.05) is 0 Å². The van der Waals surface area contributed by atoms with Gasteiger partial charge < -0.3 is 8.85 Å². The van der Waals surface area contributed by atoms with Gasteiger partial charge in [0.05, 0.1) is 0 Å². The Hall–Kier alpha value is -0.426. The fraction of sp³-hybridized carbons (Fsp3) is 0.647. The summed E-state index contributed by atoms with van der Waals surface area (Å²) in [4.78, 5) is 0. The van der Waals surface area contributed by atoms with E-state index in [2.05, 4.69) is 84.6 Å². The molecule has 1 unspecified atom stereocenters. The molecule has 1 aromatic carbocycles. The van der Waals surface area contributed by atoms with E-state index in [9.17, 15) is 0 Å². The predicted molar refractivity (Wildman–Crippen MR) is 97.0 cm³/mol. The summed E-state index contributed by atoms with van der Waals surface area (Å²) >= 11 is 0. The van der Waals surface area contributed by atoms with E-state index < -0.39 is 16.6 Å². The summed E-state index contributed by atoms with van der Waals surface area (Å²) < 4.78 is 12.9. The van der Waals surface area contributed by atoms with Gasteiger partial charge in [0.15, 0.2) is 8.32 Å². The minimum atomic E-state index is -1.99. The topological polar surface area (TPSA) is 18.5 Å². The second kappa shape index (κ2) is 6.77. The molecule has 0 saturated carbocycles. The van der Waals surface area contributed by atoms with Crippen LogP contribution in [0.15, 0.2) is 30.3 Å². The first-order chi connectivity index (χ1) is 9.44. The van der Waals surface area contributed by atoms with E-state index in [-0.39, 0.29) is 11.7 Å². The maximum absolute atomic E-state index is 6.47. The molecular formula is C17H32O2Si2. The molecule has 0 aliphatic heterocycles. The Morgan fingerprint density at radius 2 is 1.52 bits per heavy atom. The van der Waals surface area contributed by atoms with Gasteiger partial charge in [0, 0.05) is 11.7 Å². The monoisotopic (exact) mass is 324 g/mol. The fourth-order valence-corrected chi connectivity index (χ4v) is 14.9. The van der Waals surface area contributed by atoms with E-state index in [4.69, 9.17) is 8.85 Å². The molecule has 2 nitrogen and oxygen atoms in total. The Labute approximate surface area is 133 Å². The average molecular weight is 325 g/mol. The zero-order valence-electron chi connectivity index (χ0n) is 15.0. The maximum Gasteiger partial charge on any atom is 0.221 e. The third kappa shape index (κ3) is 6.47. The molecule has 0 fully saturated rings. The summed E-state index contributed by atoms with van der Waals surface area (Å²) in [6.07, 6.45) is 0.251. The van der Waals surface area contributed by atoms with E-state index in [0.717, 1.165) is 5.67 Å². The maximum atomic E-state index is 6.47. The Morgan fingerprint density at radius 1 is 1.00 bits per heavy atom. The van der Waals surface area contributed by atoms with Crippen molar-refractivity contribution in [3.8, 4) is 0 Å².